The van der Waals surface area contributed by atoms with Gasteiger partial charge in [0.25, 0.3) is 0 Å². The van der Waals surface area contributed by atoms with Crippen molar-refractivity contribution in [2.45, 2.75) is 19.4 Å². The van der Waals surface area contributed by atoms with Crippen LogP contribution in [0.5, 0.6) is 23.0 Å². The lowest BCUT2D eigenvalue weighted by Gasteiger charge is -2.16. The van der Waals surface area contributed by atoms with Gasteiger partial charge in [0.2, 0.25) is 0 Å². The summed E-state index contributed by atoms with van der Waals surface area (Å²) in [7, 11) is 5.89. The lowest BCUT2D eigenvalue weighted by atomic mass is 10.0. The van der Waals surface area contributed by atoms with E-state index in [0.717, 1.165) is 5.56 Å². The van der Waals surface area contributed by atoms with Gasteiger partial charge in [-0.2, -0.15) is 0 Å². The van der Waals surface area contributed by atoms with Crippen LogP contribution in [0.1, 0.15) is 28.8 Å². The van der Waals surface area contributed by atoms with Crippen molar-refractivity contribution >= 4 is 5.78 Å². The first kappa shape index (κ1) is 37.9. The summed E-state index contributed by atoms with van der Waals surface area (Å²) in [5.41, 5.74) is 9.34. The molecule has 0 saturated heterocycles. The number of ketones is 1. The molecule has 0 saturated carbocycles. The number of ether oxygens (including phenoxy) is 6. The maximum absolute atomic E-state index is 15.3. The van der Waals surface area contributed by atoms with Crippen LogP contribution < -0.4 is 24.7 Å². The second-order valence-corrected chi connectivity index (χ2v) is 11.8. The monoisotopic (exact) mass is 715 g/mol. The van der Waals surface area contributed by atoms with Gasteiger partial charge in [-0.1, -0.05) is 24.3 Å². The molecule has 1 aromatic heterocycles. The molecule has 0 amide bonds. The fourth-order valence-electron chi connectivity index (χ4n) is 5.75. The zero-order valence-electron chi connectivity index (χ0n) is 29.7. The highest BCUT2D eigenvalue weighted by Gasteiger charge is 2.24. The summed E-state index contributed by atoms with van der Waals surface area (Å²) in [6.07, 6.45) is 0.914. The van der Waals surface area contributed by atoms with Gasteiger partial charge < -0.3 is 38.7 Å². The fourth-order valence-corrected chi connectivity index (χ4v) is 5.75. The molecule has 0 aliphatic rings. The van der Waals surface area contributed by atoms with E-state index in [9.17, 15) is 4.79 Å². The van der Waals surface area contributed by atoms with Crippen LogP contribution in [0, 0.1) is 11.6 Å². The maximum atomic E-state index is 15.3. The molecule has 2 N–H and O–H groups in total. The number of Topliss-reactive ketones (excluding diaryl/α,β-unsaturated/α-hetero) is 1. The first-order valence-corrected chi connectivity index (χ1v) is 16.8. The van der Waals surface area contributed by atoms with Crippen molar-refractivity contribution in [2.24, 2.45) is 5.73 Å². The molecule has 0 spiro atoms. The molecule has 12 heteroatoms. The highest BCUT2D eigenvalue weighted by molar-refractivity contribution is 5.96. The predicted molar refractivity (Wildman–Crippen MR) is 194 cm³/mol. The highest BCUT2D eigenvalue weighted by atomic mass is 19.1. The van der Waals surface area contributed by atoms with Gasteiger partial charge >= 0.3 is 0 Å². The number of hydrogen-bond acceptors (Lipinski definition) is 9. The third kappa shape index (κ3) is 9.13. The second-order valence-electron chi connectivity index (χ2n) is 11.8. The number of nitrogens with zero attached hydrogens (tertiary/aromatic N) is 2. The molecule has 1 heterocycles. The molecule has 5 rings (SSSR count). The van der Waals surface area contributed by atoms with Crippen LogP contribution in [0.3, 0.4) is 0 Å². The molecule has 5 aromatic rings. The average Bonchev–Trinajstić information content (AvgIpc) is 3.54. The lowest BCUT2D eigenvalue weighted by molar-refractivity contribution is 0.0489. The van der Waals surface area contributed by atoms with E-state index in [-0.39, 0.29) is 23.8 Å². The average molecular weight is 716 g/mol. The van der Waals surface area contributed by atoms with Crippen molar-refractivity contribution in [3.8, 4) is 56.9 Å². The number of carbonyl (C=O) groups excluding carboxylic acids is 1. The molecule has 52 heavy (non-hydrogen) atoms. The third-order valence-corrected chi connectivity index (χ3v) is 8.37. The van der Waals surface area contributed by atoms with Crippen molar-refractivity contribution < 1.29 is 42.0 Å². The zero-order chi connectivity index (χ0) is 37.0. The van der Waals surface area contributed by atoms with Crippen molar-refractivity contribution in [3.63, 3.8) is 0 Å². The molecule has 0 fully saturated rings. The van der Waals surface area contributed by atoms with E-state index in [2.05, 4.69) is 0 Å². The summed E-state index contributed by atoms with van der Waals surface area (Å²) in [6.45, 7) is 2.57. The molecule has 0 aliphatic heterocycles. The normalized spacial score (nSPS) is 11.1. The summed E-state index contributed by atoms with van der Waals surface area (Å²) < 4.78 is 64.8. The number of imidazole rings is 1. The Morgan fingerprint density at radius 1 is 0.692 bits per heavy atom. The van der Waals surface area contributed by atoms with Crippen molar-refractivity contribution in [3.05, 3.63) is 102 Å². The van der Waals surface area contributed by atoms with Crippen molar-refractivity contribution in [2.75, 3.05) is 61.4 Å². The number of carbonyl (C=O) groups is 1. The van der Waals surface area contributed by atoms with Gasteiger partial charge in [0.15, 0.2) is 28.9 Å². The Kier molecular flexibility index (Phi) is 13.3. The number of rotatable bonds is 19. The number of hydrogen-bond donors (Lipinski definition) is 1. The molecule has 0 aliphatic carbocycles. The number of halogens is 2. The van der Waals surface area contributed by atoms with Gasteiger partial charge in [0.05, 0.1) is 59.6 Å². The SMILES string of the molecule is COc1cc(OC)cc(-c2nc(-c3ccc(OC)c(F)c3)c(-c3ccc(OC)c(F)c3)n2Cc2ccc(C(=O)CCCOCCOCCN)cc2)c1. The van der Waals surface area contributed by atoms with E-state index < -0.39 is 11.6 Å². The van der Waals surface area contributed by atoms with E-state index in [4.69, 9.17) is 39.1 Å². The molecule has 10 nitrogen and oxygen atoms in total. The molecule has 0 unspecified atom stereocenters. The van der Waals surface area contributed by atoms with E-state index in [1.54, 1.807) is 44.6 Å². The molecule has 4 aromatic carbocycles. The number of methoxy groups -OCH3 is 4. The smallest absolute Gasteiger partial charge is 0.165 e. The summed E-state index contributed by atoms with van der Waals surface area (Å²) >= 11 is 0. The van der Waals surface area contributed by atoms with Crippen LogP contribution in [0.2, 0.25) is 0 Å². The van der Waals surface area contributed by atoms with Crippen LogP contribution in [-0.2, 0) is 16.0 Å². The Labute approximate surface area is 302 Å². The number of benzene rings is 4. The highest BCUT2D eigenvalue weighted by Crippen LogP contribution is 2.40. The Morgan fingerprint density at radius 2 is 1.29 bits per heavy atom. The van der Waals surface area contributed by atoms with E-state index in [1.807, 2.05) is 28.8 Å². The van der Waals surface area contributed by atoms with Gasteiger partial charge in [-0.05, 0) is 60.5 Å². The Hall–Kier alpha value is -5.30. The van der Waals surface area contributed by atoms with E-state index in [0.29, 0.717) is 96.8 Å². The number of nitrogens with two attached hydrogens (primary N) is 1. The second kappa shape index (κ2) is 18.3. The van der Waals surface area contributed by atoms with Crippen molar-refractivity contribution in [1.29, 1.82) is 0 Å². The first-order valence-electron chi connectivity index (χ1n) is 16.8. The van der Waals surface area contributed by atoms with E-state index in [1.165, 1.54) is 38.5 Å². The van der Waals surface area contributed by atoms with Crippen LogP contribution >= 0.6 is 0 Å². The molecule has 0 radical (unpaired) electrons. The van der Waals surface area contributed by atoms with Crippen LogP contribution in [0.15, 0.2) is 78.9 Å². The van der Waals surface area contributed by atoms with Crippen LogP contribution in [0.4, 0.5) is 8.78 Å². The third-order valence-electron chi connectivity index (χ3n) is 8.37. The Bertz CT molecular complexity index is 1940. The van der Waals surface area contributed by atoms with Gasteiger partial charge in [-0.25, -0.2) is 13.8 Å². The minimum Gasteiger partial charge on any atom is -0.497 e. The Morgan fingerprint density at radius 3 is 1.87 bits per heavy atom. The fraction of sp³-hybridized carbons (Fsp3) is 0.300. The predicted octanol–water partition coefficient (Wildman–Crippen LogP) is 7.20. The molecular weight excluding hydrogens is 672 g/mol. The zero-order valence-corrected chi connectivity index (χ0v) is 29.7. The number of aromatic nitrogens is 2. The quantitative estimate of drug-likeness (QED) is 0.0700. The summed E-state index contributed by atoms with van der Waals surface area (Å²) in [5, 5.41) is 0. The minimum atomic E-state index is -0.575. The molecular formula is C40H43F2N3O7. The molecule has 0 atom stereocenters. The van der Waals surface area contributed by atoms with Gasteiger partial charge in [0, 0.05) is 54.4 Å². The van der Waals surface area contributed by atoms with Gasteiger partial charge in [-0.3, -0.25) is 4.79 Å². The van der Waals surface area contributed by atoms with Gasteiger partial charge in [-0.15, -0.1) is 0 Å². The lowest BCUT2D eigenvalue weighted by Crippen LogP contribution is -2.12. The minimum absolute atomic E-state index is 0.000423. The summed E-state index contributed by atoms with van der Waals surface area (Å²) in [5.74, 6) is 0.563. The van der Waals surface area contributed by atoms with Crippen LogP contribution in [-0.4, -0.2) is 76.7 Å². The van der Waals surface area contributed by atoms with Gasteiger partial charge in [0.1, 0.15) is 17.3 Å². The largest absolute Gasteiger partial charge is 0.497 e. The standard InChI is InChI=1S/C40H43F2N3O7/c1-47-31-20-30(21-32(24-31)48-2)40-44-38(28-11-13-36(49-3)33(41)22-28)39(29-12-14-37(50-4)34(42)23-29)45(40)25-26-7-9-27(10-8-26)35(46)6-5-16-51-18-19-52-17-15-43/h7-14,20-24H,5-6,15-19,25,43H2,1-4H3. The topological polar surface area (TPSA) is 116 Å². The molecule has 274 valence electrons. The maximum Gasteiger partial charge on any atom is 0.165 e. The Balaban J connectivity index is 1.55. The molecule has 0 bridgehead atoms. The van der Waals surface area contributed by atoms with Crippen LogP contribution in [0.25, 0.3) is 33.9 Å². The van der Waals surface area contributed by atoms with Crippen molar-refractivity contribution in [1.82, 2.24) is 9.55 Å². The first-order chi connectivity index (χ1) is 25.3. The van der Waals surface area contributed by atoms with E-state index >= 15 is 8.78 Å². The summed E-state index contributed by atoms with van der Waals surface area (Å²) in [4.78, 5) is 18.1. The summed E-state index contributed by atoms with van der Waals surface area (Å²) in [6, 6.07) is 21.9.